The molecule has 2 heterocycles. The lowest BCUT2D eigenvalue weighted by Gasteiger charge is -2.37. The lowest BCUT2D eigenvalue weighted by molar-refractivity contribution is 0.0368. The van der Waals surface area contributed by atoms with E-state index in [9.17, 15) is 9.50 Å². The molecule has 20 heavy (non-hydrogen) atoms. The van der Waals surface area contributed by atoms with Crippen LogP contribution in [0, 0.1) is 17.7 Å². The van der Waals surface area contributed by atoms with Crippen molar-refractivity contribution < 1.29 is 14.2 Å². The predicted octanol–water partition coefficient (Wildman–Crippen LogP) is 1.75. The number of aryl methyl sites for hydroxylation is 1. The topological polar surface area (TPSA) is 32.7 Å². The Kier molecular flexibility index (Phi) is 3.05. The molecule has 0 saturated carbocycles. The molecule has 1 aliphatic carbocycles. The van der Waals surface area contributed by atoms with E-state index in [0.29, 0.717) is 11.8 Å². The average Bonchev–Trinajstić information content (AvgIpc) is 2.99. The maximum atomic E-state index is 13.4. The minimum absolute atomic E-state index is 0.0324. The second-order valence-electron chi connectivity index (χ2n) is 6.41. The normalized spacial score (nSPS) is 36.9. The number of benzene rings is 1. The molecular formula is C16H20FNO2. The third-order valence-corrected chi connectivity index (χ3v) is 5.16. The average molecular weight is 277 g/mol. The van der Waals surface area contributed by atoms with E-state index in [1.54, 1.807) is 6.07 Å². The molecule has 0 bridgehead atoms. The number of likely N-dealkylation sites (tertiary alicyclic amines) is 1. The Labute approximate surface area is 118 Å². The fourth-order valence-electron chi connectivity index (χ4n) is 4.14. The van der Waals surface area contributed by atoms with Crippen LogP contribution in [0.1, 0.15) is 23.6 Å². The van der Waals surface area contributed by atoms with Gasteiger partial charge in [0.1, 0.15) is 5.82 Å². The highest BCUT2D eigenvalue weighted by molar-refractivity contribution is 5.34. The van der Waals surface area contributed by atoms with Crippen LogP contribution in [0.5, 0.6) is 0 Å². The molecule has 3 aliphatic rings. The lowest BCUT2D eigenvalue weighted by Crippen LogP contribution is -2.39. The van der Waals surface area contributed by atoms with E-state index in [-0.39, 0.29) is 18.0 Å². The van der Waals surface area contributed by atoms with Crippen LogP contribution in [0.2, 0.25) is 0 Å². The molecular weight excluding hydrogens is 257 g/mol. The number of fused-ring (bicyclic) bond motifs is 2. The van der Waals surface area contributed by atoms with Crippen molar-refractivity contribution in [2.45, 2.75) is 25.0 Å². The number of halogens is 1. The van der Waals surface area contributed by atoms with Gasteiger partial charge in [0.2, 0.25) is 0 Å². The Balaban J connectivity index is 1.64. The molecule has 108 valence electrons. The number of aliphatic hydroxyl groups is 1. The van der Waals surface area contributed by atoms with Gasteiger partial charge < -0.3 is 9.84 Å². The summed E-state index contributed by atoms with van der Waals surface area (Å²) in [6, 6.07) is 5.05. The number of nitrogens with zero attached hydrogens (tertiary/aromatic N) is 1. The number of hydrogen-bond acceptors (Lipinski definition) is 3. The molecule has 2 unspecified atom stereocenters. The summed E-state index contributed by atoms with van der Waals surface area (Å²) < 4.78 is 18.9. The van der Waals surface area contributed by atoms with Gasteiger partial charge in [0.25, 0.3) is 0 Å². The molecule has 1 N–H and O–H groups in total. The standard InChI is InChI=1S/C16H20FNO2/c17-13-2-3-14-10(5-13)1-4-15(19)16(14)18-6-11-8-20-9-12(11)7-18/h2-3,5,11-12,15-16,19H,1,4,6-9H2/t11-,12+,15?,16?. The summed E-state index contributed by atoms with van der Waals surface area (Å²) in [6.07, 6.45) is 1.16. The molecule has 0 radical (unpaired) electrons. The number of aliphatic hydroxyl groups excluding tert-OH is 1. The summed E-state index contributed by atoms with van der Waals surface area (Å²) in [5, 5.41) is 10.4. The lowest BCUT2D eigenvalue weighted by atomic mass is 9.84. The van der Waals surface area contributed by atoms with Crippen molar-refractivity contribution in [3.63, 3.8) is 0 Å². The van der Waals surface area contributed by atoms with Crippen LogP contribution in [0.3, 0.4) is 0 Å². The first-order valence-corrected chi connectivity index (χ1v) is 7.50. The molecule has 2 fully saturated rings. The van der Waals surface area contributed by atoms with Crippen molar-refractivity contribution in [1.82, 2.24) is 4.90 Å². The van der Waals surface area contributed by atoms with Crippen LogP contribution >= 0.6 is 0 Å². The van der Waals surface area contributed by atoms with Crippen molar-refractivity contribution in [2.24, 2.45) is 11.8 Å². The van der Waals surface area contributed by atoms with Gasteiger partial charge in [-0.05, 0) is 36.1 Å². The zero-order valence-corrected chi connectivity index (χ0v) is 11.5. The van der Waals surface area contributed by atoms with Gasteiger partial charge in [0.15, 0.2) is 0 Å². The van der Waals surface area contributed by atoms with Gasteiger partial charge in [0, 0.05) is 24.9 Å². The van der Waals surface area contributed by atoms with Crippen molar-refractivity contribution >= 4 is 0 Å². The predicted molar refractivity (Wildman–Crippen MR) is 72.8 cm³/mol. The summed E-state index contributed by atoms with van der Waals surface area (Å²) in [5.41, 5.74) is 2.18. The van der Waals surface area contributed by atoms with Crippen molar-refractivity contribution in [2.75, 3.05) is 26.3 Å². The smallest absolute Gasteiger partial charge is 0.123 e. The summed E-state index contributed by atoms with van der Waals surface area (Å²) in [4.78, 5) is 2.39. The maximum absolute atomic E-state index is 13.4. The van der Waals surface area contributed by atoms with E-state index in [1.165, 1.54) is 6.07 Å². The molecule has 1 aromatic carbocycles. The van der Waals surface area contributed by atoms with Crippen LogP contribution in [-0.2, 0) is 11.2 Å². The van der Waals surface area contributed by atoms with E-state index >= 15 is 0 Å². The van der Waals surface area contributed by atoms with E-state index in [2.05, 4.69) is 4.90 Å². The SMILES string of the molecule is OC1CCc2cc(F)ccc2C1N1C[C@H]2COC[C@H]2C1. The van der Waals surface area contributed by atoms with Crippen molar-refractivity contribution in [3.05, 3.63) is 35.1 Å². The second-order valence-corrected chi connectivity index (χ2v) is 6.41. The molecule has 1 aromatic rings. The second kappa shape index (κ2) is 4.79. The zero-order chi connectivity index (χ0) is 13.7. The monoisotopic (exact) mass is 277 g/mol. The molecule has 4 heteroatoms. The third-order valence-electron chi connectivity index (χ3n) is 5.16. The van der Waals surface area contributed by atoms with Gasteiger partial charge >= 0.3 is 0 Å². The minimum Gasteiger partial charge on any atom is -0.391 e. The molecule has 0 amide bonds. The third kappa shape index (κ3) is 1.98. The summed E-state index contributed by atoms with van der Waals surface area (Å²) in [7, 11) is 0. The summed E-state index contributed by atoms with van der Waals surface area (Å²) >= 11 is 0. The molecule has 2 saturated heterocycles. The Morgan fingerprint density at radius 3 is 2.70 bits per heavy atom. The molecule has 4 atom stereocenters. The van der Waals surface area contributed by atoms with E-state index < -0.39 is 0 Å². The fourth-order valence-corrected chi connectivity index (χ4v) is 4.14. The Morgan fingerprint density at radius 1 is 1.20 bits per heavy atom. The fraction of sp³-hybridized carbons (Fsp3) is 0.625. The van der Waals surface area contributed by atoms with E-state index in [4.69, 9.17) is 4.74 Å². The van der Waals surface area contributed by atoms with Gasteiger partial charge in [-0.25, -0.2) is 4.39 Å². The van der Waals surface area contributed by atoms with Gasteiger partial charge in [-0.2, -0.15) is 0 Å². The van der Waals surface area contributed by atoms with Gasteiger partial charge in [0.05, 0.1) is 25.4 Å². The number of hydrogen-bond donors (Lipinski definition) is 1. The first-order chi connectivity index (χ1) is 9.72. The van der Waals surface area contributed by atoms with Crippen LogP contribution in [0.4, 0.5) is 4.39 Å². The van der Waals surface area contributed by atoms with E-state index in [0.717, 1.165) is 50.3 Å². The number of rotatable bonds is 1. The molecule has 0 aromatic heterocycles. The minimum atomic E-state index is -0.340. The maximum Gasteiger partial charge on any atom is 0.123 e. The first-order valence-electron chi connectivity index (χ1n) is 7.50. The van der Waals surface area contributed by atoms with E-state index in [1.807, 2.05) is 6.07 Å². The largest absolute Gasteiger partial charge is 0.391 e. The quantitative estimate of drug-likeness (QED) is 0.849. The molecule has 2 aliphatic heterocycles. The van der Waals surface area contributed by atoms with Crippen LogP contribution < -0.4 is 0 Å². The van der Waals surface area contributed by atoms with Gasteiger partial charge in [-0.15, -0.1) is 0 Å². The Morgan fingerprint density at radius 2 is 1.95 bits per heavy atom. The highest BCUT2D eigenvalue weighted by atomic mass is 19.1. The van der Waals surface area contributed by atoms with Gasteiger partial charge in [-0.3, -0.25) is 4.90 Å². The highest BCUT2D eigenvalue weighted by Gasteiger charge is 2.43. The molecule has 0 spiro atoms. The van der Waals surface area contributed by atoms with Crippen molar-refractivity contribution in [3.8, 4) is 0 Å². The van der Waals surface area contributed by atoms with Crippen LogP contribution in [0.25, 0.3) is 0 Å². The summed E-state index contributed by atoms with van der Waals surface area (Å²) in [6.45, 7) is 3.67. The van der Waals surface area contributed by atoms with Crippen LogP contribution in [0.15, 0.2) is 18.2 Å². The summed E-state index contributed by atoms with van der Waals surface area (Å²) in [5.74, 6) is 1.03. The number of ether oxygens (including phenoxy) is 1. The Bertz CT molecular complexity index is 509. The van der Waals surface area contributed by atoms with Crippen molar-refractivity contribution in [1.29, 1.82) is 0 Å². The highest BCUT2D eigenvalue weighted by Crippen LogP contribution is 2.40. The van der Waals surface area contributed by atoms with Gasteiger partial charge in [-0.1, -0.05) is 6.07 Å². The van der Waals surface area contributed by atoms with Crippen LogP contribution in [-0.4, -0.2) is 42.4 Å². The first kappa shape index (κ1) is 12.7. The Hall–Kier alpha value is -0.970. The molecule has 4 rings (SSSR count). The molecule has 3 nitrogen and oxygen atoms in total. The zero-order valence-electron chi connectivity index (χ0n) is 11.5.